The number of benzene rings is 1. The van der Waals surface area contributed by atoms with E-state index in [0.29, 0.717) is 12.1 Å². The lowest BCUT2D eigenvalue weighted by Crippen LogP contribution is -2.43. The highest BCUT2D eigenvalue weighted by molar-refractivity contribution is 5.93. The average Bonchev–Trinajstić information content (AvgIpc) is 3.09. The Morgan fingerprint density at radius 1 is 1.09 bits per heavy atom. The summed E-state index contributed by atoms with van der Waals surface area (Å²) in [4.78, 5) is 3.35. The van der Waals surface area contributed by atoms with E-state index in [2.05, 4.69) is 55.5 Å². The molecule has 1 saturated heterocycles. The quantitative estimate of drug-likeness (QED) is 0.725. The molecule has 5 nitrogen and oxygen atoms in total. The molecule has 5 heteroatoms. The Morgan fingerprint density at radius 3 is 3.00 bits per heavy atom. The summed E-state index contributed by atoms with van der Waals surface area (Å²) in [7, 11) is 0. The zero-order valence-corrected chi connectivity index (χ0v) is 12.4. The number of para-hydroxylation sites is 1. The molecule has 0 aliphatic carbocycles. The van der Waals surface area contributed by atoms with Gasteiger partial charge in [0.05, 0.1) is 0 Å². The number of H-pyrrole nitrogens is 1. The molecule has 2 aliphatic heterocycles. The second-order valence-electron chi connectivity index (χ2n) is 6.49. The van der Waals surface area contributed by atoms with Crippen LogP contribution < -0.4 is 5.32 Å². The first-order chi connectivity index (χ1) is 10.9. The molecule has 4 heterocycles. The number of hydrogen-bond acceptors (Lipinski definition) is 3. The molecule has 1 fully saturated rings. The van der Waals surface area contributed by atoms with Crippen LogP contribution in [0.5, 0.6) is 0 Å². The molecular weight excluding hydrogens is 274 g/mol. The first-order valence-electron chi connectivity index (χ1n) is 8.13. The number of fused-ring (bicyclic) bond motifs is 4. The lowest BCUT2D eigenvalue weighted by atomic mass is 9.98. The van der Waals surface area contributed by atoms with Crippen molar-refractivity contribution in [1.82, 2.24) is 25.1 Å². The molecular formula is C17H19N5. The second kappa shape index (κ2) is 4.68. The van der Waals surface area contributed by atoms with Crippen LogP contribution >= 0.6 is 0 Å². The Balaban J connectivity index is 1.65. The van der Waals surface area contributed by atoms with Gasteiger partial charge in [0.2, 0.25) is 0 Å². The highest BCUT2D eigenvalue weighted by Gasteiger charge is 2.29. The van der Waals surface area contributed by atoms with Gasteiger partial charge in [0.1, 0.15) is 5.82 Å². The van der Waals surface area contributed by atoms with Crippen molar-refractivity contribution in [2.75, 3.05) is 0 Å². The third-order valence-electron chi connectivity index (χ3n) is 5.07. The molecule has 112 valence electrons. The van der Waals surface area contributed by atoms with Gasteiger partial charge in [-0.3, -0.25) is 0 Å². The van der Waals surface area contributed by atoms with Gasteiger partial charge in [0, 0.05) is 47.7 Å². The zero-order chi connectivity index (χ0) is 14.5. The van der Waals surface area contributed by atoms with Crippen LogP contribution in [0.3, 0.4) is 0 Å². The number of aromatic amines is 1. The van der Waals surface area contributed by atoms with Gasteiger partial charge in [-0.25, -0.2) is 0 Å². The molecule has 2 N–H and O–H groups in total. The summed E-state index contributed by atoms with van der Waals surface area (Å²) in [6.07, 6.45) is 6.88. The monoisotopic (exact) mass is 293 g/mol. The van der Waals surface area contributed by atoms with Crippen LogP contribution in [0.25, 0.3) is 22.3 Å². The van der Waals surface area contributed by atoms with Crippen molar-refractivity contribution in [3.63, 3.8) is 0 Å². The van der Waals surface area contributed by atoms with Gasteiger partial charge < -0.3 is 14.9 Å². The van der Waals surface area contributed by atoms with Gasteiger partial charge in [-0.1, -0.05) is 24.6 Å². The van der Waals surface area contributed by atoms with E-state index >= 15 is 0 Å². The van der Waals surface area contributed by atoms with E-state index in [4.69, 9.17) is 0 Å². The summed E-state index contributed by atoms with van der Waals surface area (Å²) < 4.78 is 2.33. The minimum atomic E-state index is 0.556. The van der Waals surface area contributed by atoms with Gasteiger partial charge in [-0.05, 0) is 18.9 Å². The van der Waals surface area contributed by atoms with E-state index in [-0.39, 0.29) is 0 Å². The van der Waals surface area contributed by atoms with Crippen molar-refractivity contribution in [2.45, 2.75) is 44.3 Å². The van der Waals surface area contributed by atoms with Crippen LogP contribution in [0.1, 0.15) is 25.1 Å². The van der Waals surface area contributed by atoms with Gasteiger partial charge in [-0.2, -0.15) is 0 Å². The maximum absolute atomic E-state index is 4.52. The van der Waals surface area contributed by atoms with Crippen molar-refractivity contribution < 1.29 is 0 Å². The van der Waals surface area contributed by atoms with E-state index in [0.717, 1.165) is 35.7 Å². The van der Waals surface area contributed by atoms with Crippen LogP contribution in [0.2, 0.25) is 0 Å². The Hall–Kier alpha value is -2.14. The summed E-state index contributed by atoms with van der Waals surface area (Å²) in [6, 6.07) is 9.51. The van der Waals surface area contributed by atoms with E-state index < -0.39 is 0 Å². The summed E-state index contributed by atoms with van der Waals surface area (Å²) in [5, 5.41) is 14.0. The maximum Gasteiger partial charge on any atom is 0.166 e. The Kier molecular flexibility index (Phi) is 2.64. The lowest BCUT2D eigenvalue weighted by Gasteiger charge is -2.27. The molecule has 2 aliphatic rings. The van der Waals surface area contributed by atoms with Crippen molar-refractivity contribution in [3.8, 4) is 11.4 Å². The largest absolute Gasteiger partial charge is 0.360 e. The number of hydrogen-bond donors (Lipinski definition) is 2. The highest BCUT2D eigenvalue weighted by atomic mass is 15.3. The highest BCUT2D eigenvalue weighted by Crippen LogP contribution is 2.30. The van der Waals surface area contributed by atoms with E-state index in [1.54, 1.807) is 0 Å². The topological polar surface area (TPSA) is 58.5 Å². The molecule has 3 aromatic rings. The Labute approximate surface area is 128 Å². The molecule has 1 aromatic carbocycles. The molecule has 5 rings (SSSR count). The molecule has 0 radical (unpaired) electrons. The fourth-order valence-corrected chi connectivity index (χ4v) is 3.99. The van der Waals surface area contributed by atoms with Crippen LogP contribution in [-0.4, -0.2) is 31.8 Å². The average molecular weight is 293 g/mol. The third kappa shape index (κ3) is 1.82. The smallest absolute Gasteiger partial charge is 0.166 e. The summed E-state index contributed by atoms with van der Waals surface area (Å²) in [5.41, 5.74) is 2.31. The molecule has 2 aromatic heterocycles. The van der Waals surface area contributed by atoms with E-state index in [1.807, 2.05) is 0 Å². The van der Waals surface area contributed by atoms with E-state index in [9.17, 15) is 0 Å². The van der Waals surface area contributed by atoms with Crippen molar-refractivity contribution in [2.24, 2.45) is 0 Å². The minimum absolute atomic E-state index is 0.556. The molecule has 2 bridgehead atoms. The van der Waals surface area contributed by atoms with Crippen LogP contribution in [-0.2, 0) is 13.0 Å². The van der Waals surface area contributed by atoms with Gasteiger partial charge >= 0.3 is 0 Å². The summed E-state index contributed by atoms with van der Waals surface area (Å²) in [5.74, 6) is 2.13. The second-order valence-corrected chi connectivity index (χ2v) is 6.49. The third-order valence-corrected chi connectivity index (χ3v) is 5.07. The van der Waals surface area contributed by atoms with Crippen LogP contribution in [0.15, 0.2) is 30.5 Å². The minimum Gasteiger partial charge on any atom is -0.360 e. The molecule has 2 atom stereocenters. The number of piperidine rings is 1. The molecule has 0 saturated carbocycles. The number of nitrogens with zero attached hydrogens (tertiary/aromatic N) is 3. The molecule has 0 spiro atoms. The van der Waals surface area contributed by atoms with Crippen molar-refractivity contribution in [1.29, 1.82) is 0 Å². The first-order valence-corrected chi connectivity index (χ1v) is 8.13. The normalized spacial score (nSPS) is 24.2. The van der Waals surface area contributed by atoms with Crippen LogP contribution in [0, 0.1) is 0 Å². The zero-order valence-electron chi connectivity index (χ0n) is 12.4. The predicted molar refractivity (Wildman–Crippen MR) is 85.6 cm³/mol. The Morgan fingerprint density at radius 2 is 2.00 bits per heavy atom. The standard InChI is InChI=1S/C17H19N5/c1-2-7-15-13(6-1)14(9-18-15)17-21-20-16-8-11-4-3-5-12(19-11)10-22(16)17/h1-2,6-7,9,11-12,18-19H,3-5,8,10H2. The Bertz CT molecular complexity index is 831. The number of rotatable bonds is 1. The first kappa shape index (κ1) is 12.4. The van der Waals surface area contributed by atoms with Crippen molar-refractivity contribution in [3.05, 3.63) is 36.3 Å². The fourth-order valence-electron chi connectivity index (χ4n) is 3.99. The lowest BCUT2D eigenvalue weighted by molar-refractivity contribution is 0.315. The molecule has 22 heavy (non-hydrogen) atoms. The van der Waals surface area contributed by atoms with Gasteiger partial charge in [0.25, 0.3) is 0 Å². The molecule has 0 amide bonds. The SMILES string of the molecule is c1ccc2c(-c3nnc4n3CC3CCCC(C4)N3)c[nH]c2c1. The predicted octanol–water partition coefficient (Wildman–Crippen LogP) is 2.49. The fraction of sp³-hybridized carbons (Fsp3) is 0.412. The van der Waals surface area contributed by atoms with Crippen molar-refractivity contribution >= 4 is 10.9 Å². The maximum atomic E-state index is 4.52. The van der Waals surface area contributed by atoms with Gasteiger partial charge in [0.15, 0.2) is 5.82 Å². The number of nitrogens with one attached hydrogen (secondary N) is 2. The van der Waals surface area contributed by atoms with Gasteiger partial charge in [-0.15, -0.1) is 10.2 Å². The van der Waals surface area contributed by atoms with E-state index in [1.165, 1.54) is 24.6 Å². The van der Waals surface area contributed by atoms with Crippen LogP contribution in [0.4, 0.5) is 0 Å². The summed E-state index contributed by atoms with van der Waals surface area (Å²) in [6.45, 7) is 0.980. The summed E-state index contributed by atoms with van der Waals surface area (Å²) >= 11 is 0. The number of aromatic nitrogens is 4. The molecule has 2 unspecified atom stereocenters.